The summed E-state index contributed by atoms with van der Waals surface area (Å²) >= 11 is 0. The highest BCUT2D eigenvalue weighted by Gasteiger charge is 2.32. The number of rotatable bonds is 2. The van der Waals surface area contributed by atoms with Crippen LogP contribution in [0.5, 0.6) is 11.6 Å². The molecule has 0 saturated carbocycles. The van der Waals surface area contributed by atoms with Gasteiger partial charge in [-0.1, -0.05) is 18.2 Å². The van der Waals surface area contributed by atoms with Gasteiger partial charge in [0, 0.05) is 11.5 Å². The fourth-order valence-corrected chi connectivity index (χ4v) is 2.02. The number of alkyl halides is 3. The molecule has 0 saturated heterocycles. The molecule has 23 heavy (non-hydrogen) atoms. The lowest BCUT2D eigenvalue weighted by Gasteiger charge is -2.08. The van der Waals surface area contributed by atoms with Crippen LogP contribution in [0.2, 0.25) is 0 Å². The van der Waals surface area contributed by atoms with Gasteiger partial charge in [0.15, 0.2) is 0 Å². The van der Waals surface area contributed by atoms with Crippen LogP contribution in [-0.4, -0.2) is 9.97 Å². The van der Waals surface area contributed by atoms with Gasteiger partial charge < -0.3 is 4.74 Å². The van der Waals surface area contributed by atoms with Crippen LogP contribution in [0.25, 0.3) is 10.9 Å². The topological polar surface area (TPSA) is 58.8 Å². The maximum atomic E-state index is 12.5. The summed E-state index contributed by atoms with van der Waals surface area (Å²) in [6.45, 7) is 0. The summed E-state index contributed by atoms with van der Waals surface area (Å²) in [5, 5.41) is 9.86. The van der Waals surface area contributed by atoms with Crippen LogP contribution in [-0.2, 0) is 6.18 Å². The van der Waals surface area contributed by atoms with Crippen molar-refractivity contribution in [2.24, 2.45) is 0 Å². The second-order valence-corrected chi connectivity index (χ2v) is 4.62. The first-order valence-electron chi connectivity index (χ1n) is 6.48. The average Bonchev–Trinajstić information content (AvgIpc) is 2.53. The summed E-state index contributed by atoms with van der Waals surface area (Å²) in [5.41, 5.74) is -0.0825. The number of halogens is 3. The van der Waals surface area contributed by atoms with E-state index in [1.807, 2.05) is 6.07 Å². The van der Waals surface area contributed by atoms with Crippen LogP contribution in [0, 0.1) is 11.3 Å². The first kappa shape index (κ1) is 14.8. The minimum absolute atomic E-state index is 0.102. The van der Waals surface area contributed by atoms with Crippen molar-refractivity contribution < 1.29 is 17.9 Å². The van der Waals surface area contributed by atoms with Crippen LogP contribution in [0.3, 0.4) is 0 Å². The van der Waals surface area contributed by atoms with Crippen LogP contribution >= 0.6 is 0 Å². The third-order valence-electron chi connectivity index (χ3n) is 3.06. The summed E-state index contributed by atoms with van der Waals surface area (Å²) in [5.74, 6) is 0.214. The molecular weight excluding hydrogens is 307 g/mol. The Morgan fingerprint density at radius 1 is 1.09 bits per heavy atom. The Morgan fingerprint density at radius 2 is 1.87 bits per heavy atom. The van der Waals surface area contributed by atoms with Crippen molar-refractivity contribution in [2.75, 3.05) is 0 Å². The fourth-order valence-electron chi connectivity index (χ4n) is 2.02. The second kappa shape index (κ2) is 5.57. The number of hydrogen-bond acceptors (Lipinski definition) is 4. The molecule has 0 unspecified atom stereocenters. The van der Waals surface area contributed by atoms with Gasteiger partial charge in [-0.25, -0.2) is 9.97 Å². The number of benzene rings is 1. The molecule has 2 aromatic heterocycles. The van der Waals surface area contributed by atoms with Crippen molar-refractivity contribution in [2.45, 2.75) is 6.18 Å². The van der Waals surface area contributed by atoms with Gasteiger partial charge in [-0.15, -0.1) is 0 Å². The summed E-state index contributed by atoms with van der Waals surface area (Å²) in [6, 6.07) is 12.5. The molecule has 114 valence electrons. The van der Waals surface area contributed by atoms with Crippen molar-refractivity contribution in [3.8, 4) is 17.7 Å². The monoisotopic (exact) mass is 315 g/mol. The zero-order valence-electron chi connectivity index (χ0n) is 11.5. The number of para-hydroxylation sites is 1. The van der Waals surface area contributed by atoms with Gasteiger partial charge >= 0.3 is 6.18 Å². The Kier molecular flexibility index (Phi) is 3.58. The van der Waals surface area contributed by atoms with Gasteiger partial charge in [0.1, 0.15) is 17.5 Å². The number of aromatic nitrogens is 2. The van der Waals surface area contributed by atoms with E-state index in [9.17, 15) is 18.4 Å². The number of pyridine rings is 2. The highest BCUT2D eigenvalue weighted by atomic mass is 19.4. The van der Waals surface area contributed by atoms with Crippen LogP contribution < -0.4 is 4.74 Å². The van der Waals surface area contributed by atoms with Crippen molar-refractivity contribution in [3.05, 3.63) is 59.9 Å². The molecule has 0 aliphatic heterocycles. The molecule has 2 heterocycles. The molecule has 0 N–H and O–H groups in total. The van der Waals surface area contributed by atoms with E-state index >= 15 is 0 Å². The number of nitrogens with zero attached hydrogens (tertiary/aromatic N) is 3. The standard InChI is InChI=1S/C16H8F3N3O/c17-16(18,19)14-6-5-11(9-21-14)23-15-7-10(8-20)12-3-1-2-4-13(12)22-15/h1-7,9H. The molecule has 1 aromatic carbocycles. The third-order valence-corrected chi connectivity index (χ3v) is 3.06. The van der Waals surface area contributed by atoms with E-state index in [0.717, 1.165) is 18.3 Å². The Bertz CT molecular complexity index is 899. The van der Waals surface area contributed by atoms with Crippen molar-refractivity contribution in [1.82, 2.24) is 9.97 Å². The van der Waals surface area contributed by atoms with Crippen LogP contribution in [0.15, 0.2) is 48.7 Å². The number of ether oxygens (including phenoxy) is 1. The molecule has 0 aliphatic rings. The van der Waals surface area contributed by atoms with E-state index < -0.39 is 11.9 Å². The molecule has 7 heteroatoms. The fraction of sp³-hybridized carbons (Fsp3) is 0.0625. The molecule has 0 radical (unpaired) electrons. The Morgan fingerprint density at radius 3 is 2.52 bits per heavy atom. The molecule has 0 aliphatic carbocycles. The summed E-state index contributed by atoms with van der Waals surface area (Å²) in [4.78, 5) is 7.54. The normalized spacial score (nSPS) is 11.2. The number of hydrogen-bond donors (Lipinski definition) is 0. The lowest BCUT2D eigenvalue weighted by atomic mass is 10.1. The Balaban J connectivity index is 1.94. The van der Waals surface area contributed by atoms with Gasteiger partial charge in [0.25, 0.3) is 0 Å². The first-order chi connectivity index (χ1) is 11.0. The lowest BCUT2D eigenvalue weighted by molar-refractivity contribution is -0.141. The highest BCUT2D eigenvalue weighted by Crippen LogP contribution is 2.30. The molecule has 0 bridgehead atoms. The molecule has 0 spiro atoms. The maximum Gasteiger partial charge on any atom is 0.433 e. The first-order valence-corrected chi connectivity index (χ1v) is 6.48. The van der Waals surface area contributed by atoms with Gasteiger partial charge in [-0.05, 0) is 18.2 Å². The van der Waals surface area contributed by atoms with Crippen molar-refractivity contribution >= 4 is 10.9 Å². The molecule has 3 rings (SSSR count). The highest BCUT2D eigenvalue weighted by molar-refractivity contribution is 5.85. The third kappa shape index (κ3) is 3.06. The van der Waals surface area contributed by atoms with E-state index in [2.05, 4.69) is 9.97 Å². The van der Waals surface area contributed by atoms with E-state index in [4.69, 9.17) is 4.74 Å². The molecule has 0 fully saturated rings. The van der Waals surface area contributed by atoms with Crippen LogP contribution in [0.1, 0.15) is 11.3 Å². The minimum Gasteiger partial charge on any atom is -0.437 e. The average molecular weight is 315 g/mol. The quantitative estimate of drug-likeness (QED) is 0.707. The Hall–Kier alpha value is -3.14. The van der Waals surface area contributed by atoms with Gasteiger partial charge in [-0.3, -0.25) is 0 Å². The number of fused-ring (bicyclic) bond motifs is 1. The molecule has 3 aromatic rings. The van der Waals surface area contributed by atoms with Crippen molar-refractivity contribution in [1.29, 1.82) is 5.26 Å². The molecule has 4 nitrogen and oxygen atoms in total. The zero-order valence-corrected chi connectivity index (χ0v) is 11.5. The summed E-state index contributed by atoms with van der Waals surface area (Å²) in [6.07, 6.45) is -3.54. The maximum absolute atomic E-state index is 12.5. The predicted octanol–water partition coefficient (Wildman–Crippen LogP) is 4.31. The number of nitriles is 1. The minimum atomic E-state index is -4.51. The lowest BCUT2D eigenvalue weighted by Crippen LogP contribution is -2.07. The van der Waals surface area contributed by atoms with Gasteiger partial charge in [0.05, 0.1) is 17.3 Å². The summed E-state index contributed by atoms with van der Waals surface area (Å²) in [7, 11) is 0. The van der Waals surface area contributed by atoms with Crippen LogP contribution in [0.4, 0.5) is 13.2 Å². The van der Waals surface area contributed by atoms with E-state index in [1.54, 1.807) is 24.3 Å². The molecule has 0 atom stereocenters. The second-order valence-electron chi connectivity index (χ2n) is 4.62. The van der Waals surface area contributed by atoms with E-state index in [1.165, 1.54) is 6.07 Å². The van der Waals surface area contributed by atoms with Gasteiger partial charge in [0.2, 0.25) is 5.88 Å². The molecule has 0 amide bonds. The predicted molar refractivity (Wildman–Crippen MR) is 75.8 cm³/mol. The smallest absolute Gasteiger partial charge is 0.433 e. The van der Waals surface area contributed by atoms with E-state index in [0.29, 0.717) is 16.5 Å². The largest absolute Gasteiger partial charge is 0.437 e. The zero-order chi connectivity index (χ0) is 16.4. The SMILES string of the molecule is N#Cc1cc(Oc2ccc(C(F)(F)F)nc2)nc2ccccc12. The Labute approximate surface area is 128 Å². The molecular formula is C16H8F3N3O. The summed E-state index contributed by atoms with van der Waals surface area (Å²) < 4.78 is 42.8. The van der Waals surface area contributed by atoms with E-state index in [-0.39, 0.29) is 11.6 Å². The van der Waals surface area contributed by atoms with Crippen molar-refractivity contribution in [3.63, 3.8) is 0 Å². The van der Waals surface area contributed by atoms with Gasteiger partial charge in [-0.2, -0.15) is 18.4 Å².